The molecule has 120 valence electrons. The van der Waals surface area contributed by atoms with Crippen molar-refractivity contribution in [2.45, 2.75) is 17.5 Å². The van der Waals surface area contributed by atoms with Crippen LogP contribution >= 0.6 is 11.8 Å². The number of H-pyrrole nitrogens is 1. The van der Waals surface area contributed by atoms with Crippen LogP contribution < -0.4 is 4.74 Å². The molecule has 0 unspecified atom stereocenters. The van der Waals surface area contributed by atoms with Gasteiger partial charge in [0.15, 0.2) is 11.8 Å². The van der Waals surface area contributed by atoms with Crippen molar-refractivity contribution in [1.82, 2.24) is 20.2 Å². The first-order valence-corrected chi connectivity index (χ1v) is 8.42. The number of nitrogens with zero attached hydrogens (tertiary/aromatic N) is 3. The SMILES string of the molecule is c1ccc(OCc2nnc(CSc3nc4ccccc4[nH]3)o2)cc1. The molecule has 0 atom stereocenters. The third-order valence-corrected chi connectivity index (χ3v) is 4.17. The Hall–Kier alpha value is -2.80. The van der Waals surface area contributed by atoms with Crippen LogP contribution in [0.4, 0.5) is 0 Å². The van der Waals surface area contributed by atoms with Crippen molar-refractivity contribution in [3.8, 4) is 5.75 Å². The molecule has 2 heterocycles. The molecular weight excluding hydrogens is 324 g/mol. The van der Waals surface area contributed by atoms with Crippen LogP contribution in [-0.2, 0) is 12.4 Å². The molecule has 0 saturated carbocycles. The number of rotatable bonds is 6. The van der Waals surface area contributed by atoms with Crippen molar-refractivity contribution < 1.29 is 9.15 Å². The van der Waals surface area contributed by atoms with Gasteiger partial charge in [0.25, 0.3) is 5.89 Å². The number of aromatic amines is 1. The average Bonchev–Trinajstić information content (AvgIpc) is 3.25. The van der Waals surface area contributed by atoms with E-state index in [1.165, 1.54) is 11.8 Å². The molecule has 6 nitrogen and oxygen atoms in total. The van der Waals surface area contributed by atoms with Crippen molar-refractivity contribution in [3.05, 3.63) is 66.4 Å². The lowest BCUT2D eigenvalue weighted by molar-refractivity contribution is 0.260. The maximum Gasteiger partial charge on any atom is 0.253 e. The zero-order chi connectivity index (χ0) is 16.2. The maximum atomic E-state index is 5.59. The van der Waals surface area contributed by atoms with Crippen LogP contribution in [0, 0.1) is 0 Å². The van der Waals surface area contributed by atoms with E-state index < -0.39 is 0 Å². The van der Waals surface area contributed by atoms with Crippen LogP contribution in [0.5, 0.6) is 5.75 Å². The number of ether oxygens (including phenoxy) is 1. The summed E-state index contributed by atoms with van der Waals surface area (Å²) in [5, 5.41) is 8.87. The van der Waals surface area contributed by atoms with Gasteiger partial charge in [0.2, 0.25) is 5.89 Å². The first kappa shape index (κ1) is 14.8. The van der Waals surface area contributed by atoms with Gasteiger partial charge in [0.1, 0.15) is 5.75 Å². The molecule has 0 fully saturated rings. The van der Waals surface area contributed by atoms with E-state index in [-0.39, 0.29) is 6.61 Å². The highest BCUT2D eigenvalue weighted by molar-refractivity contribution is 7.98. The zero-order valence-electron chi connectivity index (χ0n) is 12.7. The summed E-state index contributed by atoms with van der Waals surface area (Å²) in [6.07, 6.45) is 0. The fourth-order valence-electron chi connectivity index (χ4n) is 2.19. The lowest BCUT2D eigenvalue weighted by atomic mass is 10.3. The van der Waals surface area contributed by atoms with Crippen LogP contribution in [0.15, 0.2) is 64.2 Å². The number of thioether (sulfide) groups is 1. The lowest BCUT2D eigenvalue weighted by Crippen LogP contribution is -1.95. The predicted molar refractivity (Wildman–Crippen MR) is 90.7 cm³/mol. The second-order valence-electron chi connectivity index (χ2n) is 5.04. The van der Waals surface area contributed by atoms with Crippen molar-refractivity contribution in [2.24, 2.45) is 0 Å². The van der Waals surface area contributed by atoms with Gasteiger partial charge in [-0.25, -0.2) is 4.98 Å². The van der Waals surface area contributed by atoms with E-state index in [2.05, 4.69) is 20.2 Å². The maximum absolute atomic E-state index is 5.59. The Balaban J connectivity index is 1.35. The number of benzene rings is 2. The Morgan fingerprint density at radius 3 is 2.62 bits per heavy atom. The molecule has 4 aromatic rings. The van der Waals surface area contributed by atoms with E-state index >= 15 is 0 Å². The highest BCUT2D eigenvalue weighted by Crippen LogP contribution is 2.22. The first-order chi connectivity index (χ1) is 11.9. The molecule has 2 aromatic heterocycles. The largest absolute Gasteiger partial charge is 0.484 e. The fourth-order valence-corrected chi connectivity index (χ4v) is 2.92. The van der Waals surface area contributed by atoms with Gasteiger partial charge in [0, 0.05) is 0 Å². The average molecular weight is 338 g/mol. The summed E-state index contributed by atoms with van der Waals surface area (Å²) in [6.45, 7) is 0.256. The Kier molecular flexibility index (Phi) is 4.16. The number of nitrogens with one attached hydrogen (secondary N) is 1. The van der Waals surface area contributed by atoms with E-state index in [1.807, 2.05) is 54.6 Å². The number of aromatic nitrogens is 4. The van der Waals surface area contributed by atoms with E-state index in [9.17, 15) is 0 Å². The number of hydrogen-bond acceptors (Lipinski definition) is 6. The van der Waals surface area contributed by atoms with Crippen LogP contribution in [-0.4, -0.2) is 20.2 Å². The smallest absolute Gasteiger partial charge is 0.253 e. The predicted octanol–water partition coefficient (Wildman–Crippen LogP) is 3.82. The van der Waals surface area contributed by atoms with Gasteiger partial charge >= 0.3 is 0 Å². The fraction of sp³-hybridized carbons (Fsp3) is 0.118. The van der Waals surface area contributed by atoms with Gasteiger partial charge < -0.3 is 14.1 Å². The number of imidazole rings is 1. The Bertz CT molecular complexity index is 903. The quantitative estimate of drug-likeness (QED) is 0.539. The molecule has 0 aliphatic carbocycles. The van der Waals surface area contributed by atoms with Gasteiger partial charge in [-0.1, -0.05) is 42.1 Å². The molecular formula is C17H14N4O2S. The number of para-hydroxylation sites is 3. The van der Waals surface area contributed by atoms with E-state index in [0.717, 1.165) is 21.9 Å². The van der Waals surface area contributed by atoms with Crippen molar-refractivity contribution >= 4 is 22.8 Å². The highest BCUT2D eigenvalue weighted by atomic mass is 32.2. The van der Waals surface area contributed by atoms with Gasteiger partial charge in [0.05, 0.1) is 16.8 Å². The van der Waals surface area contributed by atoms with Crippen LogP contribution in [0.1, 0.15) is 11.8 Å². The van der Waals surface area contributed by atoms with Crippen molar-refractivity contribution in [1.29, 1.82) is 0 Å². The third kappa shape index (κ3) is 3.41. The number of fused-ring (bicyclic) bond motifs is 1. The Morgan fingerprint density at radius 2 is 1.75 bits per heavy atom. The third-order valence-electron chi connectivity index (χ3n) is 3.31. The van der Waals surface area contributed by atoms with Crippen LogP contribution in [0.25, 0.3) is 11.0 Å². The summed E-state index contributed by atoms with van der Waals surface area (Å²) in [6, 6.07) is 17.5. The molecule has 4 rings (SSSR count). The van der Waals surface area contributed by atoms with E-state index in [4.69, 9.17) is 9.15 Å². The minimum atomic E-state index is 0.256. The topological polar surface area (TPSA) is 76.8 Å². The second kappa shape index (κ2) is 6.76. The normalized spacial score (nSPS) is 11.0. The Labute approximate surface area is 142 Å². The molecule has 0 spiro atoms. The zero-order valence-corrected chi connectivity index (χ0v) is 13.5. The molecule has 0 amide bonds. The first-order valence-electron chi connectivity index (χ1n) is 7.43. The molecule has 0 saturated heterocycles. The van der Waals surface area contributed by atoms with Gasteiger partial charge in [-0.05, 0) is 24.3 Å². The molecule has 2 aromatic carbocycles. The van der Waals surface area contributed by atoms with E-state index in [1.54, 1.807) is 0 Å². The second-order valence-corrected chi connectivity index (χ2v) is 6.00. The van der Waals surface area contributed by atoms with Crippen molar-refractivity contribution in [2.75, 3.05) is 0 Å². The van der Waals surface area contributed by atoms with Gasteiger partial charge in [-0.15, -0.1) is 10.2 Å². The molecule has 0 aliphatic heterocycles. The molecule has 24 heavy (non-hydrogen) atoms. The Morgan fingerprint density at radius 1 is 0.958 bits per heavy atom. The molecule has 0 bridgehead atoms. The minimum Gasteiger partial charge on any atom is -0.484 e. The van der Waals surface area contributed by atoms with Crippen LogP contribution in [0.3, 0.4) is 0 Å². The molecule has 7 heteroatoms. The minimum absolute atomic E-state index is 0.256. The number of hydrogen-bond donors (Lipinski definition) is 1. The monoisotopic (exact) mass is 338 g/mol. The van der Waals surface area contributed by atoms with E-state index in [0.29, 0.717) is 17.5 Å². The van der Waals surface area contributed by atoms with Crippen molar-refractivity contribution in [3.63, 3.8) is 0 Å². The summed E-state index contributed by atoms with van der Waals surface area (Å²) in [7, 11) is 0. The summed E-state index contributed by atoms with van der Waals surface area (Å²) in [5.41, 5.74) is 1.96. The molecule has 0 aliphatic rings. The summed E-state index contributed by atoms with van der Waals surface area (Å²) in [4.78, 5) is 7.76. The summed E-state index contributed by atoms with van der Waals surface area (Å²) >= 11 is 1.52. The van der Waals surface area contributed by atoms with Gasteiger partial charge in [-0.3, -0.25) is 0 Å². The standard InChI is InChI=1S/C17H14N4O2S/c1-2-6-12(7-3-1)22-10-15-20-21-16(23-15)11-24-17-18-13-8-4-5-9-14(13)19-17/h1-9H,10-11H2,(H,18,19). The molecule has 1 N–H and O–H groups in total. The summed E-state index contributed by atoms with van der Waals surface area (Å²) in [5.74, 6) is 2.33. The summed E-state index contributed by atoms with van der Waals surface area (Å²) < 4.78 is 11.2. The van der Waals surface area contributed by atoms with Crippen LogP contribution in [0.2, 0.25) is 0 Å². The lowest BCUT2D eigenvalue weighted by Gasteiger charge is -2.01. The molecule has 0 radical (unpaired) electrons. The van der Waals surface area contributed by atoms with Gasteiger partial charge in [-0.2, -0.15) is 0 Å². The highest BCUT2D eigenvalue weighted by Gasteiger charge is 2.09.